The van der Waals surface area contributed by atoms with E-state index in [1.165, 1.54) is 0 Å². The summed E-state index contributed by atoms with van der Waals surface area (Å²) in [6, 6.07) is -1.73. The fourth-order valence-electron chi connectivity index (χ4n) is 1.04. The average Bonchev–Trinajstić information content (AvgIpc) is 2.37. The van der Waals surface area contributed by atoms with Crippen LogP contribution in [0, 0.1) is 0 Å². The molecule has 0 fully saturated rings. The molecular weight excluding hydrogens is 320 g/mol. The zero-order valence-electron chi connectivity index (χ0n) is 14.7. The zero-order chi connectivity index (χ0) is 18.8. The van der Waals surface area contributed by atoms with Gasteiger partial charge in [-0.25, -0.2) is 0 Å². The van der Waals surface area contributed by atoms with Crippen molar-refractivity contribution in [3.63, 3.8) is 0 Å². The number of aliphatic carboxylic acids is 2. The molecule has 0 aliphatic carbocycles. The van der Waals surface area contributed by atoms with Crippen LogP contribution in [-0.4, -0.2) is 60.9 Å². The molecule has 0 spiro atoms. The second-order valence-electron chi connectivity index (χ2n) is 6.80. The molecule has 0 bridgehead atoms. The Labute approximate surface area is 138 Å². The van der Waals surface area contributed by atoms with Crippen LogP contribution < -0.4 is 11.5 Å². The van der Waals surface area contributed by atoms with Crippen molar-refractivity contribution < 1.29 is 29.3 Å². The topological polar surface area (TPSA) is 156 Å². The maximum absolute atomic E-state index is 10.5. The van der Waals surface area contributed by atoms with Gasteiger partial charge in [-0.3, -0.25) is 9.59 Å². The molecule has 23 heavy (non-hydrogen) atoms. The van der Waals surface area contributed by atoms with Crippen LogP contribution >= 0.6 is 0 Å². The molecule has 138 valence electrons. The van der Waals surface area contributed by atoms with Crippen molar-refractivity contribution in [1.29, 1.82) is 0 Å². The molecule has 0 aliphatic heterocycles. The van der Waals surface area contributed by atoms with Gasteiger partial charge in [0.15, 0.2) is 8.32 Å². The van der Waals surface area contributed by atoms with Gasteiger partial charge in [-0.05, 0) is 31.0 Å². The molecule has 0 radical (unpaired) electrons. The van der Waals surface area contributed by atoms with Crippen LogP contribution in [0.1, 0.15) is 33.6 Å². The van der Waals surface area contributed by atoms with Gasteiger partial charge in [-0.2, -0.15) is 0 Å². The SMILES string of the molecule is CC(C)(C)[Si](C)(C)OCCC(N)C(=O)O.NC(CCO)C(=O)O. The predicted octanol–water partition coefficient (Wildman–Crippen LogP) is 0.591. The molecule has 9 heteroatoms. The number of rotatable bonds is 8. The Morgan fingerprint density at radius 2 is 1.43 bits per heavy atom. The summed E-state index contributed by atoms with van der Waals surface area (Å²) in [4.78, 5) is 20.3. The monoisotopic (exact) mass is 352 g/mol. The largest absolute Gasteiger partial charge is 0.480 e. The summed E-state index contributed by atoms with van der Waals surface area (Å²) < 4.78 is 5.81. The average molecular weight is 353 g/mol. The third-order valence-corrected chi connectivity index (χ3v) is 8.31. The van der Waals surface area contributed by atoms with Gasteiger partial charge in [0, 0.05) is 13.2 Å². The fraction of sp³-hybridized carbons (Fsp3) is 0.857. The lowest BCUT2D eigenvalue weighted by Gasteiger charge is -2.36. The molecular formula is C14H32N2O6Si. The maximum Gasteiger partial charge on any atom is 0.320 e. The van der Waals surface area contributed by atoms with E-state index in [4.69, 9.17) is 31.2 Å². The van der Waals surface area contributed by atoms with E-state index in [1.807, 2.05) is 0 Å². The van der Waals surface area contributed by atoms with Gasteiger partial charge < -0.3 is 31.2 Å². The van der Waals surface area contributed by atoms with Crippen LogP contribution in [0.2, 0.25) is 18.1 Å². The van der Waals surface area contributed by atoms with E-state index >= 15 is 0 Å². The van der Waals surface area contributed by atoms with Gasteiger partial charge in [0.2, 0.25) is 0 Å². The van der Waals surface area contributed by atoms with Crippen molar-refractivity contribution in [3.8, 4) is 0 Å². The van der Waals surface area contributed by atoms with Crippen molar-refractivity contribution in [3.05, 3.63) is 0 Å². The van der Waals surface area contributed by atoms with Crippen LogP contribution in [0.3, 0.4) is 0 Å². The summed E-state index contributed by atoms with van der Waals surface area (Å²) in [5.74, 6) is -2.03. The lowest BCUT2D eigenvalue weighted by atomic mass is 10.2. The minimum absolute atomic E-state index is 0.120. The van der Waals surface area contributed by atoms with Crippen LogP contribution in [0.5, 0.6) is 0 Å². The molecule has 0 saturated carbocycles. The third-order valence-electron chi connectivity index (χ3n) is 3.77. The summed E-state index contributed by atoms with van der Waals surface area (Å²) in [5, 5.41) is 25.0. The van der Waals surface area contributed by atoms with Crippen molar-refractivity contribution in [2.24, 2.45) is 11.5 Å². The predicted molar refractivity (Wildman–Crippen MR) is 90.7 cm³/mol. The molecule has 0 heterocycles. The summed E-state index contributed by atoms with van der Waals surface area (Å²) in [5.41, 5.74) is 10.4. The Morgan fingerprint density at radius 3 is 1.70 bits per heavy atom. The van der Waals surface area contributed by atoms with Crippen molar-refractivity contribution >= 4 is 20.3 Å². The summed E-state index contributed by atoms with van der Waals surface area (Å²) in [7, 11) is -1.75. The number of aliphatic hydroxyl groups excluding tert-OH is 1. The second kappa shape index (κ2) is 10.7. The first-order valence-corrected chi connectivity index (χ1v) is 10.4. The molecule has 2 unspecified atom stereocenters. The summed E-state index contributed by atoms with van der Waals surface area (Å²) in [6.45, 7) is 11.0. The standard InChI is InChI=1S/C10H23NO3Si.C4H9NO3/c1-10(2,3)15(4,5)14-7-6-8(11)9(12)13;5-3(1-2-6)4(7)8/h8H,6-7,11H2,1-5H3,(H,12,13);3,6H,1-2,5H2,(H,7,8). The van der Waals surface area contributed by atoms with Gasteiger partial charge in [-0.15, -0.1) is 0 Å². The first-order valence-electron chi connectivity index (χ1n) is 7.48. The molecule has 0 saturated heterocycles. The van der Waals surface area contributed by atoms with E-state index in [9.17, 15) is 9.59 Å². The van der Waals surface area contributed by atoms with Crippen molar-refractivity contribution in [2.75, 3.05) is 13.2 Å². The Kier molecular flexibility index (Phi) is 11.3. The Hall–Kier alpha value is -1.00. The lowest BCUT2D eigenvalue weighted by molar-refractivity contribution is -0.139. The first kappa shape index (κ1) is 24.3. The Balaban J connectivity index is 0. The Morgan fingerprint density at radius 1 is 1.04 bits per heavy atom. The minimum Gasteiger partial charge on any atom is -0.480 e. The lowest BCUT2D eigenvalue weighted by Crippen LogP contribution is -2.42. The highest BCUT2D eigenvalue weighted by Gasteiger charge is 2.37. The highest BCUT2D eigenvalue weighted by atomic mass is 28.4. The molecule has 0 aliphatic rings. The highest BCUT2D eigenvalue weighted by molar-refractivity contribution is 6.74. The summed E-state index contributed by atoms with van der Waals surface area (Å²) in [6.07, 6.45) is 0.497. The summed E-state index contributed by atoms with van der Waals surface area (Å²) >= 11 is 0. The van der Waals surface area contributed by atoms with E-state index < -0.39 is 32.3 Å². The van der Waals surface area contributed by atoms with Crippen LogP contribution in [0.4, 0.5) is 0 Å². The second-order valence-corrected chi connectivity index (χ2v) is 11.6. The Bertz CT molecular complexity index is 371. The quantitative estimate of drug-likeness (QED) is 0.397. The molecule has 2 atom stereocenters. The van der Waals surface area contributed by atoms with Crippen molar-refractivity contribution in [1.82, 2.24) is 0 Å². The van der Waals surface area contributed by atoms with Gasteiger partial charge in [0.25, 0.3) is 0 Å². The number of hydrogen-bond donors (Lipinski definition) is 5. The zero-order valence-corrected chi connectivity index (χ0v) is 15.7. The van der Waals surface area contributed by atoms with E-state index in [0.29, 0.717) is 13.0 Å². The van der Waals surface area contributed by atoms with Gasteiger partial charge >= 0.3 is 11.9 Å². The van der Waals surface area contributed by atoms with Gasteiger partial charge in [-0.1, -0.05) is 20.8 Å². The fourth-order valence-corrected chi connectivity index (χ4v) is 2.10. The molecule has 0 aromatic carbocycles. The molecule has 7 N–H and O–H groups in total. The third kappa shape index (κ3) is 11.2. The molecule has 0 rings (SSSR count). The number of hydrogen-bond acceptors (Lipinski definition) is 6. The van der Waals surface area contributed by atoms with Gasteiger partial charge in [0.1, 0.15) is 12.1 Å². The number of aliphatic hydroxyl groups is 1. The normalized spacial score (nSPS) is 14.4. The maximum atomic E-state index is 10.5. The van der Waals surface area contributed by atoms with Crippen LogP contribution in [0.15, 0.2) is 0 Å². The van der Waals surface area contributed by atoms with Crippen LogP contribution in [0.25, 0.3) is 0 Å². The molecule has 8 nitrogen and oxygen atoms in total. The van der Waals surface area contributed by atoms with E-state index in [1.54, 1.807) is 0 Å². The number of nitrogens with two attached hydrogens (primary N) is 2. The first-order chi connectivity index (χ1) is 10.3. The number of carbonyl (C=O) groups is 2. The van der Waals surface area contributed by atoms with E-state index in [2.05, 4.69) is 33.9 Å². The smallest absolute Gasteiger partial charge is 0.320 e. The van der Waals surface area contributed by atoms with Crippen molar-refractivity contribution in [2.45, 2.75) is 63.8 Å². The number of carboxylic acids is 2. The molecule has 0 amide bonds. The molecule has 0 aromatic heterocycles. The van der Waals surface area contributed by atoms with Crippen LogP contribution in [-0.2, 0) is 14.0 Å². The van der Waals surface area contributed by atoms with E-state index in [-0.39, 0.29) is 18.1 Å². The molecule has 0 aromatic rings. The highest BCUT2D eigenvalue weighted by Crippen LogP contribution is 2.36. The number of carboxylic acid groups (broad SMARTS) is 2. The minimum atomic E-state index is -1.75. The van der Waals surface area contributed by atoms with E-state index in [0.717, 1.165) is 0 Å². The van der Waals surface area contributed by atoms with Gasteiger partial charge in [0.05, 0.1) is 0 Å².